The van der Waals surface area contributed by atoms with Gasteiger partial charge in [0, 0.05) is 16.9 Å². The lowest BCUT2D eigenvalue weighted by Crippen LogP contribution is -2.37. The zero-order chi connectivity index (χ0) is 26.3. The predicted molar refractivity (Wildman–Crippen MR) is 138 cm³/mol. The van der Waals surface area contributed by atoms with Crippen molar-refractivity contribution in [2.24, 2.45) is 0 Å². The smallest absolute Gasteiger partial charge is 0.266 e. The standard InChI is InChI=1S/C26H28FN7O2/c1-26(2,34(3)4)14-17(15-28)24(35)31-19-11-12-22(36-5)21(13-19)32-25-29-16-20(27)23(33-25)30-18-9-7-6-8-10-18/h6-14,16H,1-5H3,(H,31,35)(H2,29,30,32,33)/b17-14+. The van der Waals surface area contributed by atoms with E-state index in [2.05, 4.69) is 25.9 Å². The molecular formula is C26H28FN7O2. The van der Waals surface area contributed by atoms with Crippen molar-refractivity contribution in [3.05, 3.63) is 72.2 Å². The summed E-state index contributed by atoms with van der Waals surface area (Å²) in [6.45, 7) is 3.80. The molecule has 0 unspecified atom stereocenters. The van der Waals surface area contributed by atoms with Gasteiger partial charge in [-0.2, -0.15) is 10.2 Å². The highest BCUT2D eigenvalue weighted by molar-refractivity contribution is 6.07. The van der Waals surface area contributed by atoms with Gasteiger partial charge in [0.25, 0.3) is 5.91 Å². The van der Waals surface area contributed by atoms with Gasteiger partial charge in [0.1, 0.15) is 17.4 Å². The van der Waals surface area contributed by atoms with Crippen LogP contribution in [0.25, 0.3) is 0 Å². The Hall–Kier alpha value is -4.49. The molecule has 0 aliphatic rings. The molecule has 10 heteroatoms. The molecule has 2 aromatic carbocycles. The first-order valence-corrected chi connectivity index (χ1v) is 11.0. The Morgan fingerprint density at radius 1 is 1.14 bits per heavy atom. The number of aromatic nitrogens is 2. The van der Waals surface area contributed by atoms with Crippen molar-refractivity contribution in [1.82, 2.24) is 14.9 Å². The van der Waals surface area contributed by atoms with Crippen LogP contribution in [-0.2, 0) is 4.79 Å². The molecule has 3 aromatic rings. The third kappa shape index (κ3) is 6.55. The number of benzene rings is 2. The van der Waals surface area contributed by atoms with Gasteiger partial charge in [0.05, 0.1) is 19.0 Å². The Balaban J connectivity index is 1.84. The van der Waals surface area contributed by atoms with Gasteiger partial charge in [0.15, 0.2) is 11.6 Å². The molecule has 1 aromatic heterocycles. The molecule has 0 spiro atoms. The van der Waals surface area contributed by atoms with Crippen LogP contribution in [-0.4, -0.2) is 47.5 Å². The summed E-state index contributed by atoms with van der Waals surface area (Å²) in [6, 6.07) is 15.9. The highest BCUT2D eigenvalue weighted by atomic mass is 19.1. The molecule has 1 heterocycles. The Bertz CT molecular complexity index is 1300. The van der Waals surface area contributed by atoms with Crippen LogP contribution in [0.3, 0.4) is 0 Å². The van der Waals surface area contributed by atoms with Crippen molar-refractivity contribution in [3.63, 3.8) is 0 Å². The molecule has 1 amide bonds. The number of rotatable bonds is 9. The van der Waals surface area contributed by atoms with Crippen LogP contribution < -0.4 is 20.7 Å². The van der Waals surface area contributed by atoms with E-state index in [4.69, 9.17) is 4.74 Å². The van der Waals surface area contributed by atoms with E-state index in [0.717, 1.165) is 6.20 Å². The first-order valence-electron chi connectivity index (χ1n) is 11.0. The Morgan fingerprint density at radius 2 is 1.86 bits per heavy atom. The normalized spacial score (nSPS) is 11.6. The van der Waals surface area contributed by atoms with Crippen LogP contribution >= 0.6 is 0 Å². The van der Waals surface area contributed by atoms with Crippen LogP contribution in [0.4, 0.5) is 33.2 Å². The Labute approximate surface area is 209 Å². The maximum absolute atomic E-state index is 14.3. The maximum atomic E-state index is 14.3. The fraction of sp³-hybridized carbons (Fsp3) is 0.231. The number of hydrogen-bond acceptors (Lipinski definition) is 8. The SMILES string of the molecule is COc1ccc(NC(=O)/C(C#N)=C/C(C)(C)N(C)C)cc1Nc1ncc(F)c(Nc2ccccc2)n1. The van der Waals surface area contributed by atoms with E-state index in [-0.39, 0.29) is 17.3 Å². The number of hydrogen-bond donors (Lipinski definition) is 3. The van der Waals surface area contributed by atoms with Crippen LogP contribution in [0.15, 0.2) is 66.4 Å². The third-order valence-electron chi connectivity index (χ3n) is 5.50. The number of anilines is 5. The number of carbonyl (C=O) groups is 1. The first-order chi connectivity index (χ1) is 17.1. The number of carbonyl (C=O) groups excluding carboxylic acids is 1. The zero-order valence-corrected chi connectivity index (χ0v) is 20.8. The molecule has 0 fully saturated rings. The molecule has 0 aliphatic heterocycles. The number of para-hydroxylation sites is 1. The summed E-state index contributed by atoms with van der Waals surface area (Å²) in [4.78, 5) is 22.9. The molecule has 3 N–H and O–H groups in total. The van der Waals surface area contributed by atoms with Gasteiger partial charge >= 0.3 is 0 Å². The Morgan fingerprint density at radius 3 is 2.50 bits per heavy atom. The molecule has 36 heavy (non-hydrogen) atoms. The largest absolute Gasteiger partial charge is 0.495 e. The van der Waals surface area contributed by atoms with E-state index in [9.17, 15) is 14.4 Å². The van der Waals surface area contributed by atoms with Crippen molar-refractivity contribution in [1.29, 1.82) is 5.26 Å². The molecule has 0 bridgehead atoms. The number of ether oxygens (including phenoxy) is 1. The molecule has 0 aliphatic carbocycles. The second-order valence-electron chi connectivity index (χ2n) is 8.59. The molecule has 3 rings (SSSR count). The molecule has 0 radical (unpaired) electrons. The molecule has 0 saturated carbocycles. The third-order valence-corrected chi connectivity index (χ3v) is 5.50. The van der Waals surface area contributed by atoms with Gasteiger partial charge < -0.3 is 25.6 Å². The van der Waals surface area contributed by atoms with Crippen molar-refractivity contribution >= 4 is 34.7 Å². The fourth-order valence-electron chi connectivity index (χ4n) is 3.01. The lowest BCUT2D eigenvalue weighted by Gasteiger charge is -2.29. The van der Waals surface area contributed by atoms with Gasteiger partial charge in [-0.25, -0.2) is 9.37 Å². The lowest BCUT2D eigenvalue weighted by molar-refractivity contribution is -0.112. The number of nitrogens with zero attached hydrogens (tertiary/aromatic N) is 4. The van der Waals surface area contributed by atoms with Crippen molar-refractivity contribution in [3.8, 4) is 11.8 Å². The van der Waals surface area contributed by atoms with Crippen LogP contribution in [0, 0.1) is 17.1 Å². The number of amides is 1. The van der Waals surface area contributed by atoms with E-state index in [1.165, 1.54) is 7.11 Å². The van der Waals surface area contributed by atoms with Crippen molar-refractivity contribution in [2.75, 3.05) is 37.2 Å². The molecule has 0 saturated heterocycles. The summed E-state index contributed by atoms with van der Waals surface area (Å²) >= 11 is 0. The number of nitriles is 1. The molecular weight excluding hydrogens is 461 g/mol. The fourth-order valence-corrected chi connectivity index (χ4v) is 3.01. The summed E-state index contributed by atoms with van der Waals surface area (Å²) in [5.41, 5.74) is 1.00. The van der Waals surface area contributed by atoms with E-state index in [1.807, 2.05) is 57.1 Å². The van der Waals surface area contributed by atoms with E-state index in [0.29, 0.717) is 22.8 Å². The van der Waals surface area contributed by atoms with E-state index >= 15 is 0 Å². The minimum Gasteiger partial charge on any atom is -0.495 e. The molecule has 186 valence electrons. The second kappa shape index (κ2) is 11.3. The highest BCUT2D eigenvalue weighted by Gasteiger charge is 2.21. The topological polar surface area (TPSA) is 115 Å². The number of likely N-dealkylation sites (N-methyl/N-ethyl adjacent to an activating group) is 1. The highest BCUT2D eigenvalue weighted by Crippen LogP contribution is 2.31. The van der Waals surface area contributed by atoms with Crippen LogP contribution in [0.2, 0.25) is 0 Å². The number of nitrogens with one attached hydrogen (secondary N) is 3. The van der Waals surface area contributed by atoms with Gasteiger partial charge in [-0.3, -0.25) is 4.79 Å². The minimum absolute atomic E-state index is 0.00516. The van der Waals surface area contributed by atoms with E-state index < -0.39 is 17.3 Å². The predicted octanol–water partition coefficient (Wildman–Crippen LogP) is 4.84. The number of halogens is 1. The summed E-state index contributed by atoms with van der Waals surface area (Å²) < 4.78 is 19.7. The monoisotopic (exact) mass is 489 g/mol. The second-order valence-corrected chi connectivity index (χ2v) is 8.59. The van der Waals surface area contributed by atoms with Crippen LogP contribution in [0.5, 0.6) is 5.75 Å². The summed E-state index contributed by atoms with van der Waals surface area (Å²) in [5.74, 6) is -0.607. The summed E-state index contributed by atoms with van der Waals surface area (Å²) in [5, 5.41) is 18.2. The number of methoxy groups -OCH3 is 1. The Kier molecular flexibility index (Phi) is 8.19. The first kappa shape index (κ1) is 26.1. The maximum Gasteiger partial charge on any atom is 0.266 e. The van der Waals surface area contributed by atoms with Crippen LogP contribution in [0.1, 0.15) is 13.8 Å². The van der Waals surface area contributed by atoms with Crippen molar-refractivity contribution < 1.29 is 13.9 Å². The average molecular weight is 490 g/mol. The summed E-state index contributed by atoms with van der Waals surface area (Å²) in [7, 11) is 5.22. The lowest BCUT2D eigenvalue weighted by atomic mass is 10.00. The van der Waals surface area contributed by atoms with Gasteiger partial charge in [-0.15, -0.1) is 0 Å². The minimum atomic E-state index is -0.617. The van der Waals surface area contributed by atoms with Gasteiger partial charge in [-0.05, 0) is 64.4 Å². The molecule has 0 atom stereocenters. The van der Waals surface area contributed by atoms with Gasteiger partial charge in [0.2, 0.25) is 5.95 Å². The average Bonchev–Trinajstić information content (AvgIpc) is 2.85. The molecule has 9 nitrogen and oxygen atoms in total. The quantitative estimate of drug-likeness (QED) is 0.289. The van der Waals surface area contributed by atoms with Crippen molar-refractivity contribution in [2.45, 2.75) is 19.4 Å². The van der Waals surface area contributed by atoms with Gasteiger partial charge in [-0.1, -0.05) is 18.2 Å². The van der Waals surface area contributed by atoms with E-state index in [1.54, 1.807) is 36.4 Å². The zero-order valence-electron chi connectivity index (χ0n) is 20.8. The summed E-state index contributed by atoms with van der Waals surface area (Å²) in [6.07, 6.45) is 2.66.